The molecule has 1 fully saturated rings. The first-order valence-electron chi connectivity index (χ1n) is 10.2. The molecule has 2 heterocycles. The third kappa shape index (κ3) is 6.35. The molecule has 1 aromatic carbocycles. The van der Waals surface area contributed by atoms with E-state index in [1.165, 1.54) is 18.1 Å². The van der Waals surface area contributed by atoms with E-state index in [1.54, 1.807) is 11.6 Å². The molecule has 29 heavy (non-hydrogen) atoms. The molecule has 0 spiro atoms. The van der Waals surface area contributed by atoms with E-state index in [1.807, 2.05) is 16.8 Å². The number of hydrogen-bond donors (Lipinski definition) is 2. The van der Waals surface area contributed by atoms with Gasteiger partial charge in [0.2, 0.25) is 0 Å². The molecule has 156 valence electrons. The first kappa shape index (κ1) is 21.4. The fraction of sp³-hybridized carbons (Fsp3) is 0.476. The fourth-order valence-corrected chi connectivity index (χ4v) is 4.91. The molecule has 8 heteroatoms. The molecule has 1 saturated heterocycles. The van der Waals surface area contributed by atoms with E-state index in [2.05, 4.69) is 53.2 Å². The van der Waals surface area contributed by atoms with E-state index in [0.717, 1.165) is 43.4 Å². The number of nitrogens with one attached hydrogen (secondary N) is 1. The minimum absolute atomic E-state index is 0.422. The van der Waals surface area contributed by atoms with E-state index >= 15 is 0 Å². The molecule has 0 unspecified atom stereocenters. The quantitative estimate of drug-likeness (QED) is 0.301. The van der Waals surface area contributed by atoms with Gasteiger partial charge in [0.15, 0.2) is 0 Å². The number of hydrogen-bond acceptors (Lipinski definition) is 5. The second kappa shape index (κ2) is 9.47. The van der Waals surface area contributed by atoms with Crippen LogP contribution in [0.3, 0.4) is 0 Å². The van der Waals surface area contributed by atoms with Crippen molar-refractivity contribution in [2.75, 3.05) is 13.1 Å². The largest absolute Gasteiger partial charge is 0.296 e. The van der Waals surface area contributed by atoms with Gasteiger partial charge in [-0.05, 0) is 36.6 Å². The summed E-state index contributed by atoms with van der Waals surface area (Å²) in [6, 6.07) is 8.70. The predicted octanol–water partition coefficient (Wildman–Crippen LogP) is 3.05. The second-order valence-corrected chi connectivity index (χ2v) is 14.3. The van der Waals surface area contributed by atoms with E-state index in [-0.39, 0.29) is 0 Å². The van der Waals surface area contributed by atoms with Crippen LogP contribution in [0.2, 0.25) is 19.6 Å². The van der Waals surface area contributed by atoms with Gasteiger partial charge < -0.3 is 0 Å². The maximum absolute atomic E-state index is 11.1. The van der Waals surface area contributed by atoms with Crippen LogP contribution in [0.1, 0.15) is 35.7 Å². The maximum atomic E-state index is 11.1. The van der Waals surface area contributed by atoms with Crippen LogP contribution < -0.4 is 5.48 Å². The van der Waals surface area contributed by atoms with Crippen molar-refractivity contribution in [3.8, 4) is 0 Å². The summed E-state index contributed by atoms with van der Waals surface area (Å²) >= 11 is 0. The van der Waals surface area contributed by atoms with E-state index in [9.17, 15) is 4.79 Å². The topological polar surface area (TPSA) is 83.3 Å². The highest BCUT2D eigenvalue weighted by molar-refractivity contribution is 6.74. The van der Waals surface area contributed by atoms with Crippen LogP contribution in [0.4, 0.5) is 0 Å². The predicted molar refractivity (Wildman–Crippen MR) is 116 cm³/mol. The Hall–Kier alpha value is -2.29. The highest BCUT2D eigenvalue weighted by Gasteiger charge is 2.25. The number of carbonyl (C=O) groups is 1. The van der Waals surface area contributed by atoms with Gasteiger partial charge in [-0.15, -0.1) is 5.10 Å². The summed E-state index contributed by atoms with van der Waals surface area (Å²) in [5.74, 6) is -0.530. The average Bonchev–Trinajstić information content (AvgIpc) is 3.32. The third-order valence-electron chi connectivity index (χ3n) is 5.10. The first-order valence-corrected chi connectivity index (χ1v) is 13.9. The van der Waals surface area contributed by atoms with Gasteiger partial charge in [0.25, 0.3) is 5.91 Å². The van der Waals surface area contributed by atoms with Gasteiger partial charge >= 0.3 is 0 Å². The second-order valence-electron chi connectivity index (χ2n) is 8.89. The van der Waals surface area contributed by atoms with E-state index in [4.69, 9.17) is 5.21 Å². The number of rotatable bonds is 8. The van der Waals surface area contributed by atoms with Crippen LogP contribution in [-0.4, -0.2) is 52.2 Å². The fourth-order valence-electron chi connectivity index (χ4n) is 3.78. The zero-order valence-corrected chi connectivity index (χ0v) is 18.5. The summed E-state index contributed by atoms with van der Waals surface area (Å²) in [5.41, 5.74) is 4.89. The lowest BCUT2D eigenvalue weighted by molar-refractivity contribution is -0.124. The zero-order valence-electron chi connectivity index (χ0n) is 17.5. The molecular formula is C21H31N5O2Si. The maximum Gasteiger partial charge on any atom is 0.267 e. The smallest absolute Gasteiger partial charge is 0.267 e. The number of hydroxylamine groups is 1. The Labute approximate surface area is 173 Å². The van der Waals surface area contributed by atoms with Crippen LogP contribution in [0, 0.1) is 0 Å². The summed E-state index contributed by atoms with van der Waals surface area (Å²) in [4.78, 5) is 13.6. The molecule has 3 rings (SSSR count). The van der Waals surface area contributed by atoms with Crippen LogP contribution in [0.15, 0.2) is 36.5 Å². The van der Waals surface area contributed by atoms with Gasteiger partial charge in [-0.2, -0.15) is 0 Å². The van der Waals surface area contributed by atoms with Crippen molar-refractivity contribution in [3.63, 3.8) is 0 Å². The van der Waals surface area contributed by atoms with Crippen molar-refractivity contribution in [1.29, 1.82) is 0 Å². The molecule has 2 N–H and O–H groups in total. The lowest BCUT2D eigenvalue weighted by atomic mass is 10.0. The summed E-state index contributed by atoms with van der Waals surface area (Å²) in [6.07, 6.45) is 9.38. The number of carbonyl (C=O) groups excluding carboxylic acids is 1. The Morgan fingerprint density at radius 1 is 1.31 bits per heavy atom. The standard InChI is InChI=1S/C21H31N5O2Si/c1-29(2,3)16-26-15-19(22-24-26)12-14-25-13-4-5-20(25)18-9-6-17(7-10-18)8-11-21(27)23-28/h6-11,15,20,28H,4-5,12-14,16H2,1-3H3,(H,23,27)/b11-8+/t20-/m0/s1. The lowest BCUT2D eigenvalue weighted by Crippen LogP contribution is -2.28. The minimum atomic E-state index is -1.20. The molecule has 1 amide bonds. The van der Waals surface area contributed by atoms with Crippen molar-refractivity contribution < 1.29 is 10.0 Å². The molecule has 1 aliphatic heterocycles. The van der Waals surface area contributed by atoms with Crippen LogP contribution in [0.25, 0.3) is 6.08 Å². The van der Waals surface area contributed by atoms with Gasteiger partial charge in [-0.1, -0.05) is 49.1 Å². The molecule has 0 aliphatic carbocycles. The highest BCUT2D eigenvalue weighted by Crippen LogP contribution is 2.32. The number of aromatic nitrogens is 3. The molecular weight excluding hydrogens is 382 g/mol. The van der Waals surface area contributed by atoms with Gasteiger partial charge in [-0.3, -0.25) is 19.6 Å². The number of likely N-dealkylation sites (tertiary alicyclic amines) is 1. The Kier molecular flexibility index (Phi) is 6.99. The lowest BCUT2D eigenvalue weighted by Gasteiger charge is -2.24. The number of amides is 1. The summed E-state index contributed by atoms with van der Waals surface area (Å²) in [7, 11) is -1.20. The Balaban J connectivity index is 1.57. The van der Waals surface area contributed by atoms with Gasteiger partial charge in [0, 0.05) is 37.4 Å². The van der Waals surface area contributed by atoms with Crippen molar-refractivity contribution in [2.24, 2.45) is 0 Å². The summed E-state index contributed by atoms with van der Waals surface area (Å²) < 4.78 is 2.01. The van der Waals surface area contributed by atoms with E-state index in [0.29, 0.717) is 6.04 Å². The Morgan fingerprint density at radius 3 is 2.76 bits per heavy atom. The molecule has 0 bridgehead atoms. The van der Waals surface area contributed by atoms with Crippen molar-refractivity contribution in [1.82, 2.24) is 25.4 Å². The van der Waals surface area contributed by atoms with Gasteiger partial charge in [-0.25, -0.2) is 5.48 Å². The monoisotopic (exact) mass is 413 g/mol. The third-order valence-corrected chi connectivity index (χ3v) is 6.37. The Bertz CT molecular complexity index is 842. The number of nitrogens with zero attached hydrogens (tertiary/aromatic N) is 4. The molecule has 2 aromatic rings. The van der Waals surface area contributed by atoms with Crippen LogP contribution in [0.5, 0.6) is 0 Å². The molecule has 7 nitrogen and oxygen atoms in total. The average molecular weight is 414 g/mol. The van der Waals surface area contributed by atoms with Crippen LogP contribution >= 0.6 is 0 Å². The minimum Gasteiger partial charge on any atom is -0.296 e. The summed E-state index contributed by atoms with van der Waals surface area (Å²) in [5, 5.41) is 17.2. The van der Waals surface area contributed by atoms with Crippen LogP contribution in [-0.2, 0) is 17.4 Å². The summed E-state index contributed by atoms with van der Waals surface area (Å²) in [6.45, 7) is 9.10. The normalized spacial score (nSPS) is 17.9. The van der Waals surface area contributed by atoms with Gasteiger partial charge in [0.1, 0.15) is 0 Å². The highest BCUT2D eigenvalue weighted by atomic mass is 28.3. The molecule has 0 radical (unpaired) electrons. The van der Waals surface area contributed by atoms with E-state index < -0.39 is 14.0 Å². The Morgan fingerprint density at radius 2 is 2.07 bits per heavy atom. The molecule has 1 atom stereocenters. The van der Waals surface area contributed by atoms with Crippen molar-refractivity contribution in [3.05, 3.63) is 53.4 Å². The zero-order chi connectivity index (χ0) is 20.9. The first-order chi connectivity index (χ1) is 13.8. The number of benzene rings is 1. The molecule has 1 aliphatic rings. The molecule has 1 aromatic heterocycles. The van der Waals surface area contributed by atoms with Gasteiger partial charge in [0.05, 0.1) is 13.8 Å². The van der Waals surface area contributed by atoms with Crippen molar-refractivity contribution >= 4 is 20.1 Å². The SMILES string of the molecule is C[Si](C)(C)Cn1cc(CCN2CCC[C@H]2c2ccc(/C=C/C(=O)NO)cc2)nn1. The molecule has 0 saturated carbocycles. The van der Waals surface area contributed by atoms with Crippen molar-refractivity contribution in [2.45, 2.75) is 51.1 Å².